The average Bonchev–Trinajstić information content (AvgIpc) is 4.01. The summed E-state index contributed by atoms with van der Waals surface area (Å²) in [6, 6.07) is 69.7. The second-order valence-electron chi connectivity index (χ2n) is 16.3. The van der Waals surface area contributed by atoms with Gasteiger partial charge in [0.1, 0.15) is 22.3 Å². The lowest BCUT2D eigenvalue weighted by molar-refractivity contribution is 0.669. The maximum absolute atomic E-state index is 6.63. The Kier molecular flexibility index (Phi) is 7.70. The first-order chi connectivity index (χ1) is 30.8. The van der Waals surface area contributed by atoms with Crippen molar-refractivity contribution in [3.8, 4) is 27.9 Å². The fourth-order valence-corrected chi connectivity index (χ4v) is 10.1. The summed E-state index contributed by atoms with van der Waals surface area (Å²) in [5, 5.41) is 8.13. The lowest BCUT2D eigenvalue weighted by atomic mass is 9.96. The van der Waals surface area contributed by atoms with Gasteiger partial charge in [-0.15, -0.1) is 0 Å². The van der Waals surface area contributed by atoms with Crippen molar-refractivity contribution in [1.82, 2.24) is 4.57 Å². The molecule has 4 nitrogen and oxygen atoms in total. The third kappa shape index (κ3) is 5.26. The highest BCUT2D eigenvalue weighted by Crippen LogP contribution is 2.48. The molecule has 0 saturated heterocycles. The molecular weight excluding hydrogens is 757 g/mol. The maximum Gasteiger partial charge on any atom is 0.143 e. The molecule has 0 saturated carbocycles. The van der Waals surface area contributed by atoms with Crippen LogP contribution in [-0.4, -0.2) is 4.57 Å². The van der Waals surface area contributed by atoms with Crippen LogP contribution < -0.4 is 4.90 Å². The number of fused-ring (bicyclic) bond motifs is 10. The molecule has 292 valence electrons. The molecule has 62 heavy (non-hydrogen) atoms. The molecule has 1 aliphatic carbocycles. The van der Waals surface area contributed by atoms with Crippen LogP contribution in [0.2, 0.25) is 0 Å². The van der Waals surface area contributed by atoms with Crippen molar-refractivity contribution in [2.45, 2.75) is 12.8 Å². The Hall–Kier alpha value is -8.08. The predicted octanol–water partition coefficient (Wildman–Crippen LogP) is 16.3. The average molecular weight is 795 g/mol. The smallest absolute Gasteiger partial charge is 0.143 e. The highest BCUT2D eigenvalue weighted by molar-refractivity contribution is 6.17. The minimum absolute atomic E-state index is 0.871. The van der Waals surface area contributed by atoms with Gasteiger partial charge in [0.2, 0.25) is 0 Å². The van der Waals surface area contributed by atoms with E-state index >= 15 is 0 Å². The van der Waals surface area contributed by atoms with Gasteiger partial charge in [0.15, 0.2) is 0 Å². The summed E-state index contributed by atoms with van der Waals surface area (Å²) in [5.41, 5.74) is 16.1. The van der Waals surface area contributed by atoms with E-state index in [1.807, 2.05) is 12.1 Å². The van der Waals surface area contributed by atoms with Crippen molar-refractivity contribution < 1.29 is 8.83 Å². The minimum Gasteiger partial charge on any atom is -0.456 e. The fourth-order valence-electron chi connectivity index (χ4n) is 10.1. The molecule has 0 aliphatic heterocycles. The Bertz CT molecular complexity index is 3770. The number of hydrogen-bond acceptors (Lipinski definition) is 3. The number of allylic oxidation sites excluding steroid dienone is 1. The lowest BCUT2D eigenvalue weighted by Gasteiger charge is -2.30. The number of hydrogen-bond donors (Lipinski definition) is 0. The first kappa shape index (κ1) is 34.8. The van der Waals surface area contributed by atoms with Crippen LogP contribution in [0.4, 0.5) is 17.1 Å². The first-order valence-electron chi connectivity index (χ1n) is 21.4. The summed E-state index contributed by atoms with van der Waals surface area (Å²) in [4.78, 5) is 2.44. The van der Waals surface area contributed by atoms with Gasteiger partial charge in [0.05, 0.1) is 22.6 Å². The van der Waals surface area contributed by atoms with Crippen LogP contribution in [-0.2, 0) is 6.42 Å². The second kappa shape index (κ2) is 13.7. The molecule has 0 unspecified atom stereocenters. The number of aromatic nitrogens is 1. The number of rotatable bonds is 6. The number of anilines is 3. The predicted molar refractivity (Wildman–Crippen MR) is 258 cm³/mol. The largest absolute Gasteiger partial charge is 0.456 e. The van der Waals surface area contributed by atoms with Crippen molar-refractivity contribution in [3.05, 3.63) is 211 Å². The first-order valence-corrected chi connectivity index (χ1v) is 21.4. The molecular formula is C58H38N2O2. The molecule has 0 radical (unpaired) electrons. The topological polar surface area (TPSA) is 34.5 Å². The van der Waals surface area contributed by atoms with Crippen molar-refractivity contribution in [2.24, 2.45) is 0 Å². The Morgan fingerprint density at radius 2 is 1.15 bits per heavy atom. The second-order valence-corrected chi connectivity index (χ2v) is 16.3. The standard InChI is InChI=1S/C58H38N2O2/c1-2-16-39-36-56-48(35-38(39)15-1)57-46(22-14-30-55(57)61-56)44-19-5-7-24-49(44)59(40-33-31-37(32-34-40)41-21-13-23-47-45-20-6-12-29-54(45)62-58(41)47)52-27-10-11-28-53(52)60-50-25-8-3-17-42(50)43-18-4-9-26-51(43)60/h1-3,5-17,19-36H,4,18H2. The normalized spacial score (nSPS) is 12.6. The number of benzene rings is 9. The van der Waals surface area contributed by atoms with E-state index in [2.05, 4.69) is 204 Å². The van der Waals surface area contributed by atoms with Gasteiger partial charge in [-0.2, -0.15) is 0 Å². The molecule has 0 amide bonds. The summed E-state index contributed by atoms with van der Waals surface area (Å²) >= 11 is 0. The van der Waals surface area contributed by atoms with Crippen molar-refractivity contribution in [3.63, 3.8) is 0 Å². The third-order valence-electron chi connectivity index (χ3n) is 12.9. The van der Waals surface area contributed by atoms with Gasteiger partial charge in [0.25, 0.3) is 0 Å². The van der Waals surface area contributed by atoms with Crippen LogP contribution in [0.25, 0.3) is 99.6 Å². The van der Waals surface area contributed by atoms with E-state index < -0.39 is 0 Å². The molecule has 12 aromatic rings. The SMILES string of the molecule is C1=Cc2c(c3ccccc3n2-c2ccccc2N(c2ccc(-c3cccc4c3oc3ccccc34)cc2)c2ccccc2-c2cccc3oc4cc5ccccc5cc4c23)CC1. The fraction of sp³-hybridized carbons (Fsp3) is 0.0345. The third-order valence-corrected chi connectivity index (χ3v) is 12.9. The quantitative estimate of drug-likeness (QED) is 0.168. The zero-order valence-electron chi connectivity index (χ0n) is 33.8. The van der Waals surface area contributed by atoms with Crippen LogP contribution in [0.15, 0.2) is 209 Å². The molecule has 3 aromatic heterocycles. The summed E-state index contributed by atoms with van der Waals surface area (Å²) < 4.78 is 15.6. The number of aryl methyl sites for hydroxylation is 1. The van der Waals surface area contributed by atoms with E-state index in [0.717, 1.165) is 102 Å². The summed E-state index contributed by atoms with van der Waals surface area (Å²) in [7, 11) is 0. The number of nitrogens with zero attached hydrogens (tertiary/aromatic N) is 2. The molecule has 0 fully saturated rings. The van der Waals surface area contributed by atoms with E-state index in [1.54, 1.807) is 0 Å². The Balaban J connectivity index is 1.05. The van der Waals surface area contributed by atoms with E-state index in [4.69, 9.17) is 8.83 Å². The highest BCUT2D eigenvalue weighted by atomic mass is 16.3. The van der Waals surface area contributed by atoms with Gasteiger partial charge < -0.3 is 18.3 Å². The van der Waals surface area contributed by atoms with Gasteiger partial charge in [-0.25, -0.2) is 0 Å². The molecule has 0 spiro atoms. The summed E-state index contributed by atoms with van der Waals surface area (Å²) in [6.07, 6.45) is 6.69. The maximum atomic E-state index is 6.63. The van der Waals surface area contributed by atoms with E-state index in [1.165, 1.54) is 32.9 Å². The van der Waals surface area contributed by atoms with Crippen LogP contribution in [0.3, 0.4) is 0 Å². The summed E-state index contributed by atoms with van der Waals surface area (Å²) in [6.45, 7) is 0. The molecule has 3 heterocycles. The molecule has 1 aliphatic rings. The van der Waals surface area contributed by atoms with Gasteiger partial charge in [-0.3, -0.25) is 0 Å². The van der Waals surface area contributed by atoms with Gasteiger partial charge in [0, 0.05) is 49.4 Å². The molecule has 13 rings (SSSR count). The van der Waals surface area contributed by atoms with E-state index in [0.29, 0.717) is 0 Å². The molecule has 4 heteroatoms. The number of furan rings is 2. The monoisotopic (exact) mass is 794 g/mol. The van der Waals surface area contributed by atoms with Crippen LogP contribution >= 0.6 is 0 Å². The lowest BCUT2D eigenvalue weighted by Crippen LogP contribution is -2.14. The Labute approximate surface area is 357 Å². The van der Waals surface area contributed by atoms with Crippen molar-refractivity contribution in [2.75, 3.05) is 4.90 Å². The van der Waals surface area contributed by atoms with E-state index in [-0.39, 0.29) is 0 Å². The van der Waals surface area contributed by atoms with Crippen LogP contribution in [0, 0.1) is 0 Å². The Morgan fingerprint density at radius 1 is 0.468 bits per heavy atom. The summed E-state index contributed by atoms with van der Waals surface area (Å²) in [5.74, 6) is 0. The zero-order chi connectivity index (χ0) is 40.7. The molecule has 0 atom stereocenters. The van der Waals surface area contributed by atoms with Crippen molar-refractivity contribution >= 4 is 88.7 Å². The van der Waals surface area contributed by atoms with Crippen LogP contribution in [0.1, 0.15) is 17.7 Å². The number of para-hydroxylation sites is 6. The highest BCUT2D eigenvalue weighted by Gasteiger charge is 2.26. The zero-order valence-corrected chi connectivity index (χ0v) is 33.8. The molecule has 9 aromatic carbocycles. The van der Waals surface area contributed by atoms with Crippen molar-refractivity contribution in [1.29, 1.82) is 0 Å². The van der Waals surface area contributed by atoms with Gasteiger partial charge >= 0.3 is 0 Å². The van der Waals surface area contributed by atoms with E-state index in [9.17, 15) is 0 Å². The van der Waals surface area contributed by atoms with Gasteiger partial charge in [-0.1, -0.05) is 140 Å². The van der Waals surface area contributed by atoms with Crippen LogP contribution in [0.5, 0.6) is 0 Å². The molecule has 0 bridgehead atoms. The molecule has 0 N–H and O–H groups in total. The van der Waals surface area contributed by atoms with Gasteiger partial charge in [-0.05, 0) is 107 Å². The minimum atomic E-state index is 0.871. The Morgan fingerprint density at radius 3 is 2.05 bits per heavy atom.